The maximum absolute atomic E-state index is 13.4. The molecule has 1 aromatic carbocycles. The van der Waals surface area contributed by atoms with E-state index in [-0.39, 0.29) is 25.6 Å². The lowest BCUT2D eigenvalue weighted by Crippen LogP contribution is -2.61. The molecule has 1 aliphatic heterocycles. The van der Waals surface area contributed by atoms with Gasteiger partial charge in [0.2, 0.25) is 0 Å². The van der Waals surface area contributed by atoms with Crippen LogP contribution >= 0.6 is 0 Å². The van der Waals surface area contributed by atoms with Crippen LogP contribution in [0.1, 0.15) is 45.1 Å². The number of alkyl halides is 6. The third-order valence-corrected chi connectivity index (χ3v) is 7.90. The van der Waals surface area contributed by atoms with E-state index in [9.17, 15) is 36.2 Å². The fourth-order valence-electron chi connectivity index (χ4n) is 5.69. The number of hydrogen-bond donors (Lipinski definition) is 3. The minimum atomic E-state index is -4.93. The number of H-pyrrole nitrogens is 1. The Labute approximate surface area is 226 Å². The number of halogens is 6. The van der Waals surface area contributed by atoms with Gasteiger partial charge in [-0.15, -0.1) is 0 Å². The first-order valence-electron chi connectivity index (χ1n) is 12.9. The molecule has 1 unspecified atom stereocenters. The zero-order valence-electron chi connectivity index (χ0n) is 22.0. The molecule has 40 heavy (non-hydrogen) atoms. The van der Waals surface area contributed by atoms with Crippen molar-refractivity contribution >= 4 is 0 Å². The number of allylic oxidation sites excluding steroid dienone is 3. The Bertz CT molecular complexity index is 1270. The van der Waals surface area contributed by atoms with Gasteiger partial charge in [0, 0.05) is 18.0 Å². The second-order valence-corrected chi connectivity index (χ2v) is 10.8. The maximum Gasteiger partial charge on any atom is 0.416 e. The van der Waals surface area contributed by atoms with E-state index in [1.165, 1.54) is 17.8 Å². The SMILES string of the molecule is C[C@H](O)C[C@]1(n2cn[nH]c2=O)CC[C@@](CO[C@H](C)C2C=C(C(F)(F)F)C=C(C(F)(F)F)C2)(c2ccccc2)NC1. The van der Waals surface area contributed by atoms with Gasteiger partial charge in [0.25, 0.3) is 0 Å². The smallest absolute Gasteiger partial charge is 0.393 e. The van der Waals surface area contributed by atoms with Crippen LogP contribution in [0.15, 0.2) is 64.8 Å². The number of ether oxygens (including phenoxy) is 1. The zero-order valence-corrected chi connectivity index (χ0v) is 22.0. The number of piperidine rings is 1. The van der Waals surface area contributed by atoms with Gasteiger partial charge in [-0.1, -0.05) is 36.4 Å². The predicted molar refractivity (Wildman–Crippen MR) is 134 cm³/mol. The third-order valence-electron chi connectivity index (χ3n) is 7.90. The van der Waals surface area contributed by atoms with E-state index in [0.29, 0.717) is 12.8 Å². The number of benzene rings is 1. The van der Waals surface area contributed by atoms with Crippen LogP contribution < -0.4 is 11.0 Å². The van der Waals surface area contributed by atoms with Crippen molar-refractivity contribution in [2.75, 3.05) is 13.2 Å². The zero-order chi connectivity index (χ0) is 29.3. The van der Waals surface area contributed by atoms with Gasteiger partial charge < -0.3 is 15.2 Å². The molecule has 2 aliphatic rings. The number of aromatic nitrogens is 3. The molecule has 0 bridgehead atoms. The summed E-state index contributed by atoms with van der Waals surface area (Å²) in [5, 5.41) is 19.9. The van der Waals surface area contributed by atoms with Crippen molar-refractivity contribution < 1.29 is 36.2 Å². The molecule has 0 radical (unpaired) electrons. The summed E-state index contributed by atoms with van der Waals surface area (Å²) in [6.45, 7) is 3.28. The molecule has 13 heteroatoms. The van der Waals surface area contributed by atoms with Crippen molar-refractivity contribution in [3.63, 3.8) is 0 Å². The van der Waals surface area contributed by atoms with Crippen molar-refractivity contribution in [3.8, 4) is 0 Å². The summed E-state index contributed by atoms with van der Waals surface area (Å²) in [7, 11) is 0. The molecule has 0 saturated carbocycles. The van der Waals surface area contributed by atoms with Gasteiger partial charge in [0.1, 0.15) is 6.33 Å². The first-order valence-corrected chi connectivity index (χ1v) is 12.9. The van der Waals surface area contributed by atoms with Gasteiger partial charge in [0.15, 0.2) is 0 Å². The Morgan fingerprint density at radius 2 is 1.82 bits per heavy atom. The van der Waals surface area contributed by atoms with Gasteiger partial charge in [-0.25, -0.2) is 9.89 Å². The van der Waals surface area contributed by atoms with Crippen LogP contribution in [0.5, 0.6) is 0 Å². The molecule has 0 spiro atoms. The number of rotatable bonds is 8. The summed E-state index contributed by atoms with van der Waals surface area (Å²) >= 11 is 0. The lowest BCUT2D eigenvalue weighted by Gasteiger charge is -2.48. The summed E-state index contributed by atoms with van der Waals surface area (Å²) < 4.78 is 88.1. The Morgan fingerprint density at radius 3 is 2.35 bits per heavy atom. The summed E-state index contributed by atoms with van der Waals surface area (Å²) in [6.07, 6.45) is -8.74. The summed E-state index contributed by atoms with van der Waals surface area (Å²) in [4.78, 5) is 12.5. The topological polar surface area (TPSA) is 92.2 Å². The average Bonchev–Trinajstić information content (AvgIpc) is 3.33. The van der Waals surface area contributed by atoms with Crippen molar-refractivity contribution in [3.05, 3.63) is 76.0 Å². The van der Waals surface area contributed by atoms with E-state index in [2.05, 4.69) is 15.5 Å². The molecule has 220 valence electrons. The number of nitrogens with zero attached hydrogens (tertiary/aromatic N) is 2. The molecule has 7 nitrogen and oxygen atoms in total. The van der Waals surface area contributed by atoms with E-state index in [4.69, 9.17) is 4.74 Å². The van der Waals surface area contributed by atoms with Crippen LogP contribution in [0, 0.1) is 5.92 Å². The highest BCUT2D eigenvalue weighted by atomic mass is 19.4. The standard InChI is InChI=1S/C27H32F6N4O3/c1-17(38)13-24(37-16-35-36-23(37)39)8-9-25(34-14-24,20-6-4-3-5-7-20)15-40-18(2)19-10-21(26(28,29)30)12-22(11-19)27(31,32)33/h3-7,10,12,16-19,34,38H,8-9,11,13-15H2,1-2H3,(H,36,39)/t17-,18+,19?,24+,25+/m0/s1. The van der Waals surface area contributed by atoms with Crippen LogP contribution in [0.3, 0.4) is 0 Å². The fraction of sp³-hybridized carbons (Fsp3) is 0.556. The van der Waals surface area contributed by atoms with Gasteiger partial charge in [0.05, 0.1) is 35.5 Å². The Hall–Kier alpha value is -2.90. The first kappa shape index (κ1) is 30.1. The van der Waals surface area contributed by atoms with Crippen molar-refractivity contribution in [2.45, 2.75) is 75.2 Å². The monoisotopic (exact) mass is 574 g/mol. The molecule has 1 aliphatic carbocycles. The van der Waals surface area contributed by atoms with Crippen molar-refractivity contribution in [1.29, 1.82) is 0 Å². The van der Waals surface area contributed by atoms with Gasteiger partial charge in [-0.3, -0.25) is 4.57 Å². The number of aliphatic hydroxyl groups excluding tert-OH is 1. The minimum Gasteiger partial charge on any atom is -0.393 e. The molecule has 2 heterocycles. The highest BCUT2D eigenvalue weighted by Gasteiger charge is 2.47. The summed E-state index contributed by atoms with van der Waals surface area (Å²) in [5.41, 5.74) is -3.87. The second-order valence-electron chi connectivity index (χ2n) is 10.8. The normalized spacial score (nSPS) is 27.6. The van der Waals surface area contributed by atoms with Crippen molar-refractivity contribution in [1.82, 2.24) is 20.1 Å². The van der Waals surface area contributed by atoms with E-state index >= 15 is 0 Å². The van der Waals surface area contributed by atoms with E-state index < -0.39 is 64.8 Å². The van der Waals surface area contributed by atoms with E-state index in [1.54, 1.807) is 6.92 Å². The molecule has 3 N–H and O–H groups in total. The van der Waals surface area contributed by atoms with Gasteiger partial charge in [-0.05, 0) is 51.2 Å². The molecule has 1 fully saturated rings. The Balaban J connectivity index is 1.59. The largest absolute Gasteiger partial charge is 0.416 e. The van der Waals surface area contributed by atoms with Gasteiger partial charge in [-0.2, -0.15) is 31.4 Å². The predicted octanol–water partition coefficient (Wildman–Crippen LogP) is 4.72. The van der Waals surface area contributed by atoms with Crippen LogP contribution in [0.2, 0.25) is 0 Å². The Morgan fingerprint density at radius 1 is 1.12 bits per heavy atom. The molecule has 1 saturated heterocycles. The summed E-state index contributed by atoms with van der Waals surface area (Å²) in [5.74, 6) is -1.14. The Kier molecular flexibility index (Phi) is 8.40. The molecule has 5 atom stereocenters. The molecule has 0 amide bonds. The number of hydrogen-bond acceptors (Lipinski definition) is 5. The first-order chi connectivity index (χ1) is 18.7. The van der Waals surface area contributed by atoms with Gasteiger partial charge >= 0.3 is 18.0 Å². The lowest BCUT2D eigenvalue weighted by atomic mass is 9.74. The number of aliphatic hydroxyl groups is 1. The van der Waals surface area contributed by atoms with Crippen LogP contribution in [-0.2, 0) is 15.8 Å². The second kappa shape index (κ2) is 11.2. The summed E-state index contributed by atoms with van der Waals surface area (Å²) in [6, 6.07) is 9.18. The molecule has 4 rings (SSSR count). The fourth-order valence-corrected chi connectivity index (χ4v) is 5.69. The number of aromatic amines is 1. The number of nitrogens with one attached hydrogen (secondary N) is 2. The quantitative estimate of drug-likeness (QED) is 0.397. The van der Waals surface area contributed by atoms with Crippen LogP contribution in [0.4, 0.5) is 26.3 Å². The molecule has 1 aromatic heterocycles. The molecular formula is C27H32F6N4O3. The highest BCUT2D eigenvalue weighted by Crippen LogP contribution is 2.43. The van der Waals surface area contributed by atoms with Crippen LogP contribution in [0.25, 0.3) is 0 Å². The molecule has 2 aromatic rings. The lowest BCUT2D eigenvalue weighted by molar-refractivity contribution is -0.103. The molecular weight excluding hydrogens is 542 g/mol. The maximum atomic E-state index is 13.4. The highest BCUT2D eigenvalue weighted by molar-refractivity contribution is 5.35. The van der Waals surface area contributed by atoms with E-state index in [1.807, 2.05) is 30.3 Å². The van der Waals surface area contributed by atoms with Crippen molar-refractivity contribution in [2.24, 2.45) is 5.92 Å². The average molecular weight is 575 g/mol. The third kappa shape index (κ3) is 6.36. The van der Waals surface area contributed by atoms with Crippen LogP contribution in [-0.4, -0.2) is 57.6 Å². The minimum absolute atomic E-state index is 0.0417. The van der Waals surface area contributed by atoms with E-state index in [0.717, 1.165) is 11.6 Å².